The Morgan fingerprint density at radius 3 is 3.20 bits per heavy atom. The first-order valence-corrected chi connectivity index (χ1v) is 3.29. The molecule has 55 valence electrons. The van der Waals surface area contributed by atoms with Crippen molar-refractivity contribution in [1.29, 1.82) is 0 Å². The summed E-state index contributed by atoms with van der Waals surface area (Å²) >= 11 is 0. The molecule has 0 N–H and O–H groups in total. The zero-order valence-electron chi connectivity index (χ0n) is 6.04. The third-order valence-electron chi connectivity index (χ3n) is 1.21. The van der Waals surface area contributed by atoms with E-state index in [2.05, 4.69) is 0 Å². The van der Waals surface area contributed by atoms with Crippen LogP contribution in [0.15, 0.2) is 22.8 Å². The molecule has 0 aliphatic carbocycles. The fraction of sp³-hybridized carbons (Fsp3) is 0.375. The predicted octanol–water partition coefficient (Wildman–Crippen LogP) is 1.87. The highest BCUT2D eigenvalue weighted by molar-refractivity contribution is 5.08. The van der Waals surface area contributed by atoms with Gasteiger partial charge in [0.1, 0.15) is 5.76 Å². The first-order chi connectivity index (χ1) is 4.93. The monoisotopic (exact) mass is 139 g/mol. The molecule has 1 heterocycles. The van der Waals surface area contributed by atoms with E-state index in [4.69, 9.17) is 9.15 Å². The molecule has 1 rings (SSSR count). The van der Waals surface area contributed by atoms with E-state index in [-0.39, 0.29) is 0 Å². The second kappa shape index (κ2) is 4.12. The number of furan rings is 1. The average molecular weight is 139 g/mol. The van der Waals surface area contributed by atoms with Crippen molar-refractivity contribution in [3.8, 4) is 0 Å². The first kappa shape index (κ1) is 7.35. The van der Waals surface area contributed by atoms with Gasteiger partial charge in [-0.1, -0.05) is 0 Å². The van der Waals surface area contributed by atoms with Gasteiger partial charge in [-0.05, 0) is 18.6 Å². The molecule has 0 saturated carbocycles. The number of rotatable bonds is 4. The Bertz CT molecular complexity index is 156. The second-order valence-corrected chi connectivity index (χ2v) is 2.00. The van der Waals surface area contributed by atoms with Crippen LogP contribution in [0.25, 0.3) is 0 Å². The van der Waals surface area contributed by atoms with Gasteiger partial charge in [-0.15, -0.1) is 0 Å². The molecule has 2 nitrogen and oxygen atoms in total. The van der Waals surface area contributed by atoms with Crippen LogP contribution in [-0.2, 0) is 4.74 Å². The standard InChI is InChI=1S/C8H11O2/c1-9-6-2-4-8-5-3-7-10-8/h3-5,7H,2,6H2,1H3. The molecule has 1 aromatic rings. The molecule has 0 aromatic carbocycles. The Kier molecular flexibility index (Phi) is 3.03. The average Bonchev–Trinajstić information content (AvgIpc) is 2.41. The maximum atomic E-state index is 5.07. The first-order valence-electron chi connectivity index (χ1n) is 3.29. The van der Waals surface area contributed by atoms with Gasteiger partial charge in [0.05, 0.1) is 6.26 Å². The van der Waals surface area contributed by atoms with Crippen LogP contribution < -0.4 is 0 Å². The van der Waals surface area contributed by atoms with Crippen LogP contribution in [0, 0.1) is 6.42 Å². The third-order valence-corrected chi connectivity index (χ3v) is 1.21. The van der Waals surface area contributed by atoms with Gasteiger partial charge in [0.25, 0.3) is 0 Å². The topological polar surface area (TPSA) is 22.4 Å². The molecule has 0 amide bonds. The number of methoxy groups -OCH3 is 1. The molecule has 10 heavy (non-hydrogen) atoms. The lowest BCUT2D eigenvalue weighted by atomic mass is 10.3. The summed E-state index contributed by atoms with van der Waals surface area (Å²) in [5, 5.41) is 0. The van der Waals surface area contributed by atoms with Gasteiger partial charge < -0.3 is 9.15 Å². The van der Waals surface area contributed by atoms with Crippen LogP contribution >= 0.6 is 0 Å². The summed E-state index contributed by atoms with van der Waals surface area (Å²) in [4.78, 5) is 0. The minimum atomic E-state index is 0.751. The van der Waals surface area contributed by atoms with E-state index in [1.165, 1.54) is 0 Å². The highest BCUT2D eigenvalue weighted by Crippen LogP contribution is 2.05. The fourth-order valence-electron chi connectivity index (χ4n) is 0.726. The summed E-state index contributed by atoms with van der Waals surface area (Å²) in [6.07, 6.45) is 4.58. The molecule has 0 spiro atoms. The normalized spacial score (nSPS) is 10.1. The third kappa shape index (κ3) is 2.23. The van der Waals surface area contributed by atoms with Crippen molar-refractivity contribution in [2.24, 2.45) is 0 Å². The lowest BCUT2D eigenvalue weighted by Crippen LogP contribution is -1.88. The minimum Gasteiger partial charge on any atom is -0.469 e. The zero-order chi connectivity index (χ0) is 7.23. The molecule has 0 unspecified atom stereocenters. The summed E-state index contributed by atoms with van der Waals surface area (Å²) in [5.41, 5.74) is 0. The molecule has 2 heteroatoms. The van der Waals surface area contributed by atoms with E-state index in [1.54, 1.807) is 13.4 Å². The largest absolute Gasteiger partial charge is 0.469 e. The Balaban J connectivity index is 2.15. The van der Waals surface area contributed by atoms with Gasteiger partial charge in [0.15, 0.2) is 0 Å². The molecular weight excluding hydrogens is 128 g/mol. The highest BCUT2D eigenvalue weighted by Gasteiger charge is 1.93. The van der Waals surface area contributed by atoms with Crippen molar-refractivity contribution < 1.29 is 9.15 Å². The van der Waals surface area contributed by atoms with E-state index in [0.717, 1.165) is 18.8 Å². The van der Waals surface area contributed by atoms with E-state index in [1.807, 2.05) is 18.6 Å². The molecule has 0 aliphatic heterocycles. The van der Waals surface area contributed by atoms with Crippen LogP contribution in [0.4, 0.5) is 0 Å². The highest BCUT2D eigenvalue weighted by atomic mass is 16.5. The number of ether oxygens (including phenoxy) is 1. The van der Waals surface area contributed by atoms with Crippen molar-refractivity contribution >= 4 is 0 Å². The van der Waals surface area contributed by atoms with Crippen LogP contribution in [-0.4, -0.2) is 13.7 Å². The number of hydrogen-bond acceptors (Lipinski definition) is 2. The Hall–Kier alpha value is -0.760. The van der Waals surface area contributed by atoms with Crippen LogP contribution in [0.1, 0.15) is 12.2 Å². The van der Waals surface area contributed by atoms with Gasteiger partial charge in [0.2, 0.25) is 0 Å². The smallest absolute Gasteiger partial charge is 0.107 e. The quantitative estimate of drug-likeness (QED) is 0.594. The van der Waals surface area contributed by atoms with E-state index in [9.17, 15) is 0 Å². The van der Waals surface area contributed by atoms with Gasteiger partial charge >= 0.3 is 0 Å². The summed E-state index contributed by atoms with van der Waals surface area (Å²) in [6, 6.07) is 3.80. The van der Waals surface area contributed by atoms with Gasteiger partial charge in [-0.3, -0.25) is 0 Å². The van der Waals surface area contributed by atoms with Crippen molar-refractivity contribution in [3.63, 3.8) is 0 Å². The summed E-state index contributed by atoms with van der Waals surface area (Å²) < 4.78 is 9.94. The molecule has 0 saturated heterocycles. The zero-order valence-corrected chi connectivity index (χ0v) is 6.04. The Morgan fingerprint density at radius 2 is 2.60 bits per heavy atom. The van der Waals surface area contributed by atoms with Crippen molar-refractivity contribution in [1.82, 2.24) is 0 Å². The van der Waals surface area contributed by atoms with Crippen LogP contribution in [0.2, 0.25) is 0 Å². The maximum Gasteiger partial charge on any atom is 0.107 e. The fourth-order valence-corrected chi connectivity index (χ4v) is 0.726. The van der Waals surface area contributed by atoms with E-state index < -0.39 is 0 Å². The predicted molar refractivity (Wildman–Crippen MR) is 38.6 cm³/mol. The SMILES string of the molecule is COCC[CH]c1ccco1. The van der Waals surface area contributed by atoms with Crippen molar-refractivity contribution in [2.45, 2.75) is 6.42 Å². The molecular formula is C8H11O2. The van der Waals surface area contributed by atoms with Crippen molar-refractivity contribution in [2.75, 3.05) is 13.7 Å². The van der Waals surface area contributed by atoms with E-state index in [0.29, 0.717) is 0 Å². The van der Waals surface area contributed by atoms with Gasteiger partial charge in [-0.25, -0.2) is 0 Å². The van der Waals surface area contributed by atoms with Gasteiger partial charge in [-0.2, -0.15) is 0 Å². The van der Waals surface area contributed by atoms with Crippen LogP contribution in [0.3, 0.4) is 0 Å². The maximum absolute atomic E-state index is 5.07. The summed E-state index contributed by atoms with van der Waals surface area (Å²) in [7, 11) is 1.69. The van der Waals surface area contributed by atoms with Crippen molar-refractivity contribution in [3.05, 3.63) is 30.6 Å². The molecule has 0 aliphatic rings. The number of hydrogen-bond donors (Lipinski definition) is 0. The van der Waals surface area contributed by atoms with E-state index >= 15 is 0 Å². The Morgan fingerprint density at radius 1 is 1.70 bits per heavy atom. The minimum absolute atomic E-state index is 0.751. The summed E-state index contributed by atoms with van der Waals surface area (Å²) in [5.74, 6) is 0.914. The molecule has 1 radical (unpaired) electrons. The van der Waals surface area contributed by atoms with Gasteiger partial charge in [0, 0.05) is 20.1 Å². The molecule has 0 fully saturated rings. The molecule has 0 bridgehead atoms. The Labute approximate surface area is 60.8 Å². The lowest BCUT2D eigenvalue weighted by Gasteiger charge is -1.94. The summed E-state index contributed by atoms with van der Waals surface area (Å²) in [6.45, 7) is 0.751. The molecule has 0 atom stereocenters. The second-order valence-electron chi connectivity index (χ2n) is 2.00. The van der Waals surface area contributed by atoms with Crippen LogP contribution in [0.5, 0.6) is 0 Å². The lowest BCUT2D eigenvalue weighted by molar-refractivity contribution is 0.201. The molecule has 1 aromatic heterocycles.